The van der Waals surface area contributed by atoms with Gasteiger partial charge in [-0.3, -0.25) is 9.89 Å². The second kappa shape index (κ2) is 13.6. The molecule has 0 bridgehead atoms. The maximum absolute atomic E-state index is 9.37. The molecule has 164 valence electrons. The second-order valence-electron chi connectivity index (χ2n) is 8.18. The Morgan fingerprint density at radius 2 is 1.90 bits per heavy atom. The lowest BCUT2D eigenvalue weighted by atomic mass is 9.94. The van der Waals surface area contributed by atoms with Crippen molar-refractivity contribution in [2.45, 2.75) is 39.7 Å². The first-order chi connectivity index (χ1) is 14.1. The smallest absolute Gasteiger partial charge is 0.191 e. The Labute approximate surface area is 176 Å². The molecule has 1 aromatic rings. The maximum Gasteiger partial charge on any atom is 0.191 e. The summed E-state index contributed by atoms with van der Waals surface area (Å²) < 4.78 is 5.55. The number of rotatable bonds is 11. The molecule has 1 aliphatic heterocycles. The van der Waals surface area contributed by atoms with Crippen molar-refractivity contribution in [3.63, 3.8) is 0 Å². The Bertz CT molecular complexity index is 574. The van der Waals surface area contributed by atoms with E-state index in [0.29, 0.717) is 11.8 Å². The molecule has 0 spiro atoms. The molecular weight excluding hydrogens is 364 g/mol. The number of aliphatic imine (C=N–C) groups is 1. The van der Waals surface area contributed by atoms with Crippen LogP contribution < -0.4 is 10.6 Å². The number of guanidine groups is 1. The van der Waals surface area contributed by atoms with Gasteiger partial charge in [0.2, 0.25) is 0 Å². The predicted octanol–water partition coefficient (Wildman–Crippen LogP) is 2.66. The molecule has 6 heteroatoms. The molecule has 1 fully saturated rings. The van der Waals surface area contributed by atoms with Crippen molar-refractivity contribution in [2.24, 2.45) is 16.8 Å². The Balaban J connectivity index is 2.04. The van der Waals surface area contributed by atoms with E-state index in [0.717, 1.165) is 64.7 Å². The molecule has 6 nitrogen and oxygen atoms in total. The van der Waals surface area contributed by atoms with E-state index < -0.39 is 0 Å². The normalized spacial score (nSPS) is 17.9. The van der Waals surface area contributed by atoms with Gasteiger partial charge in [0.25, 0.3) is 0 Å². The van der Waals surface area contributed by atoms with Crippen molar-refractivity contribution in [3.05, 3.63) is 35.9 Å². The van der Waals surface area contributed by atoms with Crippen LogP contribution in [0.4, 0.5) is 0 Å². The quantitative estimate of drug-likeness (QED) is 0.391. The summed E-state index contributed by atoms with van der Waals surface area (Å²) in [5.41, 5.74) is 1.32. The van der Waals surface area contributed by atoms with Gasteiger partial charge in [-0.25, -0.2) is 0 Å². The van der Waals surface area contributed by atoms with Gasteiger partial charge in [0, 0.05) is 39.3 Å². The monoisotopic (exact) mass is 404 g/mol. The summed E-state index contributed by atoms with van der Waals surface area (Å²) >= 11 is 0. The fourth-order valence-electron chi connectivity index (χ4n) is 3.91. The van der Waals surface area contributed by atoms with Crippen LogP contribution in [-0.4, -0.2) is 68.5 Å². The predicted molar refractivity (Wildman–Crippen MR) is 120 cm³/mol. The molecule has 1 saturated heterocycles. The fraction of sp³-hybridized carbons (Fsp3) is 0.696. The Morgan fingerprint density at radius 3 is 2.52 bits per heavy atom. The SMILES string of the molecule is CCNC(=NCC(CCO)CC(C)C)NCC(c1ccccc1)N1CCOCC1. The van der Waals surface area contributed by atoms with E-state index in [2.05, 4.69) is 66.6 Å². The highest BCUT2D eigenvalue weighted by Crippen LogP contribution is 2.21. The summed E-state index contributed by atoms with van der Waals surface area (Å²) in [6.07, 6.45) is 1.89. The lowest BCUT2D eigenvalue weighted by molar-refractivity contribution is 0.0170. The number of nitrogens with one attached hydrogen (secondary N) is 2. The zero-order valence-electron chi connectivity index (χ0n) is 18.4. The van der Waals surface area contributed by atoms with Gasteiger partial charge >= 0.3 is 0 Å². The first kappa shape index (κ1) is 23.6. The average Bonchev–Trinajstić information content (AvgIpc) is 2.73. The van der Waals surface area contributed by atoms with Crippen LogP contribution in [0.3, 0.4) is 0 Å². The van der Waals surface area contributed by atoms with E-state index in [4.69, 9.17) is 9.73 Å². The molecule has 1 aromatic carbocycles. The molecule has 0 saturated carbocycles. The molecule has 0 radical (unpaired) electrons. The van der Waals surface area contributed by atoms with Crippen molar-refractivity contribution in [3.8, 4) is 0 Å². The molecule has 2 unspecified atom stereocenters. The van der Waals surface area contributed by atoms with Crippen molar-refractivity contribution >= 4 is 5.96 Å². The lowest BCUT2D eigenvalue weighted by Crippen LogP contribution is -2.46. The highest BCUT2D eigenvalue weighted by molar-refractivity contribution is 5.79. The van der Waals surface area contributed by atoms with Gasteiger partial charge in [-0.15, -0.1) is 0 Å². The molecule has 0 aliphatic carbocycles. The van der Waals surface area contributed by atoms with Crippen molar-refractivity contribution in [1.82, 2.24) is 15.5 Å². The zero-order chi connectivity index (χ0) is 20.9. The fourth-order valence-corrected chi connectivity index (χ4v) is 3.91. The van der Waals surface area contributed by atoms with Gasteiger partial charge in [-0.05, 0) is 37.2 Å². The number of hydrogen-bond acceptors (Lipinski definition) is 4. The minimum Gasteiger partial charge on any atom is -0.396 e. The van der Waals surface area contributed by atoms with Gasteiger partial charge in [-0.2, -0.15) is 0 Å². The topological polar surface area (TPSA) is 69.1 Å². The molecule has 2 rings (SSSR count). The largest absolute Gasteiger partial charge is 0.396 e. The highest BCUT2D eigenvalue weighted by Gasteiger charge is 2.22. The standard InChI is InChI=1S/C23H40N4O2/c1-4-24-23(25-17-20(10-13-28)16-19(2)3)26-18-22(21-8-6-5-7-9-21)27-11-14-29-15-12-27/h5-9,19-20,22,28H,4,10-18H2,1-3H3,(H2,24,25,26). The molecule has 29 heavy (non-hydrogen) atoms. The minimum absolute atomic E-state index is 0.226. The Hall–Kier alpha value is -1.63. The van der Waals surface area contributed by atoms with E-state index in [1.54, 1.807) is 0 Å². The number of aliphatic hydroxyl groups excluding tert-OH is 1. The van der Waals surface area contributed by atoms with Crippen LogP contribution in [0.25, 0.3) is 0 Å². The summed E-state index contributed by atoms with van der Waals surface area (Å²) in [6.45, 7) is 12.6. The van der Waals surface area contributed by atoms with Gasteiger partial charge in [0.1, 0.15) is 0 Å². The summed E-state index contributed by atoms with van der Waals surface area (Å²) in [5.74, 6) is 1.88. The first-order valence-corrected chi connectivity index (χ1v) is 11.1. The summed E-state index contributed by atoms with van der Waals surface area (Å²) in [5, 5.41) is 16.3. The van der Waals surface area contributed by atoms with Gasteiger partial charge in [-0.1, -0.05) is 44.2 Å². The first-order valence-electron chi connectivity index (χ1n) is 11.1. The van der Waals surface area contributed by atoms with E-state index in [1.165, 1.54) is 5.56 Å². The zero-order valence-corrected chi connectivity index (χ0v) is 18.4. The number of aliphatic hydroxyl groups is 1. The molecule has 3 N–H and O–H groups in total. The van der Waals surface area contributed by atoms with E-state index in [9.17, 15) is 5.11 Å². The van der Waals surface area contributed by atoms with Crippen LogP contribution in [-0.2, 0) is 4.74 Å². The summed E-state index contributed by atoms with van der Waals surface area (Å²) in [6, 6.07) is 11.0. The number of nitrogens with zero attached hydrogens (tertiary/aromatic N) is 2. The molecule has 1 heterocycles. The molecule has 0 amide bonds. The Morgan fingerprint density at radius 1 is 1.17 bits per heavy atom. The summed E-state index contributed by atoms with van der Waals surface area (Å²) in [7, 11) is 0. The van der Waals surface area contributed by atoms with Crippen LogP contribution in [0.1, 0.15) is 45.2 Å². The molecule has 1 aliphatic rings. The van der Waals surface area contributed by atoms with Crippen LogP contribution in [0.5, 0.6) is 0 Å². The third kappa shape index (κ3) is 8.72. The minimum atomic E-state index is 0.226. The van der Waals surface area contributed by atoms with Gasteiger partial charge in [0.05, 0.1) is 19.3 Å². The average molecular weight is 405 g/mol. The van der Waals surface area contributed by atoms with Crippen LogP contribution in [0, 0.1) is 11.8 Å². The van der Waals surface area contributed by atoms with Crippen LogP contribution in [0.15, 0.2) is 35.3 Å². The van der Waals surface area contributed by atoms with Crippen molar-refractivity contribution < 1.29 is 9.84 Å². The molecule has 2 atom stereocenters. The van der Waals surface area contributed by atoms with E-state index in [1.807, 2.05) is 0 Å². The van der Waals surface area contributed by atoms with E-state index in [-0.39, 0.29) is 12.6 Å². The van der Waals surface area contributed by atoms with Crippen molar-refractivity contribution in [2.75, 3.05) is 52.5 Å². The second-order valence-corrected chi connectivity index (χ2v) is 8.18. The maximum atomic E-state index is 9.37. The van der Waals surface area contributed by atoms with E-state index >= 15 is 0 Å². The number of hydrogen-bond donors (Lipinski definition) is 3. The summed E-state index contributed by atoms with van der Waals surface area (Å²) in [4.78, 5) is 7.33. The van der Waals surface area contributed by atoms with Gasteiger partial charge < -0.3 is 20.5 Å². The van der Waals surface area contributed by atoms with Gasteiger partial charge in [0.15, 0.2) is 5.96 Å². The molecule has 0 aromatic heterocycles. The number of benzene rings is 1. The third-order valence-corrected chi connectivity index (χ3v) is 5.33. The Kier molecular flexibility index (Phi) is 11.1. The number of morpholine rings is 1. The van der Waals surface area contributed by atoms with Crippen molar-refractivity contribution in [1.29, 1.82) is 0 Å². The molecular formula is C23H40N4O2. The lowest BCUT2D eigenvalue weighted by Gasteiger charge is -2.35. The number of ether oxygens (including phenoxy) is 1. The van der Waals surface area contributed by atoms with Crippen LogP contribution >= 0.6 is 0 Å². The van der Waals surface area contributed by atoms with Crippen LogP contribution in [0.2, 0.25) is 0 Å². The third-order valence-electron chi connectivity index (χ3n) is 5.33. The highest BCUT2D eigenvalue weighted by atomic mass is 16.5.